The molecule has 144 valence electrons. The number of nitrogens with zero attached hydrogens (tertiary/aromatic N) is 4. The quantitative estimate of drug-likeness (QED) is 0.226. The van der Waals surface area contributed by atoms with E-state index < -0.39 is 0 Å². The molecule has 3 aromatic rings. The summed E-state index contributed by atoms with van der Waals surface area (Å²) in [6, 6.07) is 14.4. The maximum atomic E-state index is 12.1. The number of hydrogen-bond acceptors (Lipinski definition) is 7. The minimum Gasteiger partial charge on any atom is -0.334 e. The molecule has 0 aliphatic rings. The van der Waals surface area contributed by atoms with Crippen LogP contribution in [-0.2, 0) is 4.79 Å². The highest BCUT2D eigenvalue weighted by molar-refractivity contribution is 7.99. The number of amides is 1. The molecule has 0 spiro atoms. The van der Waals surface area contributed by atoms with Gasteiger partial charge in [-0.3, -0.25) is 4.79 Å². The Hall–Kier alpha value is -2.75. The fourth-order valence-electron chi connectivity index (χ4n) is 2.07. The Kier molecular flexibility index (Phi) is 6.75. The van der Waals surface area contributed by atoms with Crippen molar-refractivity contribution in [3.05, 3.63) is 64.1 Å². The lowest BCUT2D eigenvalue weighted by atomic mass is 10.2. The summed E-state index contributed by atoms with van der Waals surface area (Å²) in [5.41, 5.74) is 4.07. The van der Waals surface area contributed by atoms with Crippen LogP contribution in [0.2, 0.25) is 10.0 Å². The number of nitrogens with two attached hydrogens (primary N) is 1. The number of halogens is 2. The number of anilines is 2. The van der Waals surface area contributed by atoms with Crippen LogP contribution in [0.25, 0.3) is 0 Å². The Labute approximate surface area is 175 Å². The molecular weight excluding hydrogens is 421 g/mol. The molecule has 2 aromatic carbocycles. The summed E-state index contributed by atoms with van der Waals surface area (Å²) >= 11 is 13.1. The molecule has 0 bridgehead atoms. The molecule has 0 aliphatic heterocycles. The number of nitrogen functional groups attached to an aromatic ring is 1. The number of carbonyl (C=O) groups excluding carboxylic acids is 1. The van der Waals surface area contributed by atoms with Crippen LogP contribution in [0.5, 0.6) is 0 Å². The van der Waals surface area contributed by atoms with Gasteiger partial charge in [-0.25, -0.2) is 10.1 Å². The summed E-state index contributed by atoms with van der Waals surface area (Å²) < 4.78 is 1.21. The second-order valence-electron chi connectivity index (χ2n) is 5.42. The van der Waals surface area contributed by atoms with Gasteiger partial charge < -0.3 is 11.2 Å². The highest BCUT2D eigenvalue weighted by Crippen LogP contribution is 2.26. The van der Waals surface area contributed by atoms with Gasteiger partial charge in [-0.05, 0) is 23.8 Å². The molecule has 1 amide bonds. The topological polar surface area (TPSA) is 110 Å². The summed E-state index contributed by atoms with van der Waals surface area (Å²) in [5.74, 6) is 5.95. The molecule has 0 saturated carbocycles. The Morgan fingerprint density at radius 3 is 2.79 bits per heavy atom. The monoisotopic (exact) mass is 435 g/mol. The van der Waals surface area contributed by atoms with Crippen LogP contribution in [-0.4, -0.2) is 32.7 Å². The number of hydrogen-bond donors (Lipinski definition) is 3. The van der Waals surface area contributed by atoms with E-state index >= 15 is 0 Å². The normalized spacial score (nSPS) is 10.9. The lowest BCUT2D eigenvalue weighted by Gasteiger charge is -2.07. The van der Waals surface area contributed by atoms with Gasteiger partial charge in [0.25, 0.3) is 5.95 Å². The average Bonchev–Trinajstić information content (AvgIpc) is 3.04. The van der Waals surface area contributed by atoms with Gasteiger partial charge >= 0.3 is 0 Å². The molecule has 1 aromatic heterocycles. The van der Waals surface area contributed by atoms with Crippen molar-refractivity contribution in [2.45, 2.75) is 5.16 Å². The van der Waals surface area contributed by atoms with Crippen LogP contribution >= 0.6 is 35.0 Å². The molecular formula is C17H15Cl2N7OS. The smallest absolute Gasteiger partial charge is 0.264 e. The summed E-state index contributed by atoms with van der Waals surface area (Å²) in [7, 11) is 0. The number of aromatic nitrogens is 3. The lowest BCUT2D eigenvalue weighted by molar-refractivity contribution is -0.113. The Bertz CT molecular complexity index is 994. The largest absolute Gasteiger partial charge is 0.334 e. The molecule has 28 heavy (non-hydrogen) atoms. The number of benzene rings is 2. The molecule has 0 fully saturated rings. The van der Waals surface area contributed by atoms with Gasteiger partial charge in [-0.2, -0.15) is 5.10 Å². The van der Waals surface area contributed by atoms with Gasteiger partial charge in [0.2, 0.25) is 11.1 Å². The first-order valence-electron chi connectivity index (χ1n) is 7.95. The standard InChI is InChI=1S/C17H15Cl2N7OS/c18-12-6-7-13(19)14(8-12)22-15(27)10-28-17-25-24-16(26(17)20)23-21-9-11-4-2-1-3-5-11/h1-9H,10,20H2,(H,22,27)(H,23,24)/b21-9+. The molecule has 0 radical (unpaired) electrons. The van der Waals surface area contributed by atoms with E-state index in [2.05, 4.69) is 26.0 Å². The highest BCUT2D eigenvalue weighted by atomic mass is 35.5. The molecule has 1 heterocycles. The van der Waals surface area contributed by atoms with Gasteiger partial charge in [0, 0.05) is 5.02 Å². The first-order valence-corrected chi connectivity index (χ1v) is 9.69. The molecule has 4 N–H and O–H groups in total. The zero-order valence-corrected chi connectivity index (χ0v) is 16.7. The summed E-state index contributed by atoms with van der Waals surface area (Å²) in [4.78, 5) is 12.1. The van der Waals surface area contributed by atoms with E-state index in [0.717, 1.165) is 17.3 Å². The average molecular weight is 436 g/mol. The molecule has 0 atom stereocenters. The van der Waals surface area contributed by atoms with Crippen molar-refractivity contribution in [1.82, 2.24) is 14.9 Å². The molecule has 11 heteroatoms. The third-order valence-electron chi connectivity index (χ3n) is 3.38. The van der Waals surface area contributed by atoms with Crippen molar-refractivity contribution < 1.29 is 4.79 Å². The van der Waals surface area contributed by atoms with Crippen molar-refractivity contribution in [3.63, 3.8) is 0 Å². The van der Waals surface area contributed by atoms with Crippen LogP contribution in [0, 0.1) is 0 Å². The Morgan fingerprint density at radius 2 is 2.00 bits per heavy atom. The number of nitrogens with one attached hydrogen (secondary N) is 2. The zero-order chi connectivity index (χ0) is 19.9. The minimum absolute atomic E-state index is 0.0610. The summed E-state index contributed by atoms with van der Waals surface area (Å²) in [5, 5.41) is 15.8. The van der Waals surface area contributed by atoms with Gasteiger partial charge in [-0.1, -0.05) is 65.3 Å². The molecule has 0 saturated heterocycles. The Morgan fingerprint density at radius 1 is 1.21 bits per heavy atom. The van der Waals surface area contributed by atoms with Crippen LogP contribution in [0.1, 0.15) is 5.56 Å². The molecule has 0 aliphatic carbocycles. The maximum absolute atomic E-state index is 12.1. The maximum Gasteiger partial charge on any atom is 0.264 e. The number of thioether (sulfide) groups is 1. The van der Waals surface area contributed by atoms with Crippen LogP contribution in [0.15, 0.2) is 58.8 Å². The minimum atomic E-state index is -0.284. The summed E-state index contributed by atoms with van der Waals surface area (Å²) in [6.07, 6.45) is 1.63. The third-order valence-corrected chi connectivity index (χ3v) is 4.88. The van der Waals surface area contributed by atoms with E-state index in [1.165, 1.54) is 4.68 Å². The van der Waals surface area contributed by atoms with Crippen molar-refractivity contribution in [1.29, 1.82) is 0 Å². The predicted molar refractivity (Wildman–Crippen MR) is 114 cm³/mol. The van der Waals surface area contributed by atoms with Crippen molar-refractivity contribution >= 4 is 58.7 Å². The van der Waals surface area contributed by atoms with E-state index in [1.54, 1.807) is 24.4 Å². The highest BCUT2D eigenvalue weighted by Gasteiger charge is 2.13. The van der Waals surface area contributed by atoms with E-state index in [4.69, 9.17) is 29.0 Å². The Balaban J connectivity index is 1.54. The van der Waals surface area contributed by atoms with Gasteiger partial charge in [-0.15, -0.1) is 10.2 Å². The molecule has 0 unspecified atom stereocenters. The predicted octanol–water partition coefficient (Wildman–Crippen LogP) is 3.48. The zero-order valence-electron chi connectivity index (χ0n) is 14.3. The SMILES string of the molecule is Nn1c(N/N=C/c2ccccc2)nnc1SCC(=O)Nc1cc(Cl)ccc1Cl. The van der Waals surface area contributed by atoms with E-state index in [9.17, 15) is 4.79 Å². The second-order valence-corrected chi connectivity index (χ2v) is 7.20. The molecule has 3 rings (SSSR count). The van der Waals surface area contributed by atoms with E-state index in [-0.39, 0.29) is 17.6 Å². The van der Waals surface area contributed by atoms with Gasteiger partial charge in [0.15, 0.2) is 0 Å². The van der Waals surface area contributed by atoms with Crippen molar-refractivity contribution in [2.75, 3.05) is 22.3 Å². The first-order chi connectivity index (χ1) is 13.5. The van der Waals surface area contributed by atoms with E-state index in [0.29, 0.717) is 20.9 Å². The number of hydrazone groups is 1. The van der Waals surface area contributed by atoms with Crippen LogP contribution < -0.4 is 16.6 Å². The van der Waals surface area contributed by atoms with Gasteiger partial charge in [0.1, 0.15) is 0 Å². The van der Waals surface area contributed by atoms with Crippen molar-refractivity contribution in [2.24, 2.45) is 5.10 Å². The number of carbonyl (C=O) groups is 1. The van der Waals surface area contributed by atoms with Crippen LogP contribution in [0.3, 0.4) is 0 Å². The van der Waals surface area contributed by atoms with Gasteiger partial charge in [0.05, 0.1) is 22.7 Å². The summed E-state index contributed by atoms with van der Waals surface area (Å²) in [6.45, 7) is 0. The van der Waals surface area contributed by atoms with E-state index in [1.807, 2.05) is 30.3 Å². The first kappa shape index (κ1) is 20.0. The third kappa shape index (κ3) is 5.38. The fourth-order valence-corrected chi connectivity index (χ4v) is 3.06. The molecule has 8 nitrogen and oxygen atoms in total. The number of rotatable bonds is 7. The fraction of sp³-hybridized carbons (Fsp3) is 0.0588. The van der Waals surface area contributed by atoms with Crippen molar-refractivity contribution in [3.8, 4) is 0 Å². The van der Waals surface area contributed by atoms with Crippen LogP contribution in [0.4, 0.5) is 11.6 Å². The second kappa shape index (κ2) is 9.45. The lowest BCUT2D eigenvalue weighted by Crippen LogP contribution is -2.17.